The molecule has 3 rings (SSSR count). The summed E-state index contributed by atoms with van der Waals surface area (Å²) < 4.78 is 0. The zero-order valence-electron chi connectivity index (χ0n) is 10.9. The number of Topliss-reactive ketones (excluding diaryl/α,β-unsaturated/α-hetero) is 1. The smallest absolute Gasteiger partial charge is 0.187 e. The van der Waals surface area contributed by atoms with E-state index in [4.69, 9.17) is 0 Å². The molecule has 0 unspecified atom stereocenters. The van der Waals surface area contributed by atoms with Crippen LogP contribution in [0.5, 0.6) is 0 Å². The molecule has 2 aromatic heterocycles. The van der Waals surface area contributed by atoms with Crippen molar-refractivity contribution in [3.8, 4) is 0 Å². The Morgan fingerprint density at radius 2 is 1.55 bits per heavy atom. The maximum Gasteiger partial charge on any atom is 0.187 e. The summed E-state index contributed by atoms with van der Waals surface area (Å²) >= 11 is 3.08. The first-order chi connectivity index (χ1) is 9.72. The molecule has 0 bridgehead atoms. The summed E-state index contributed by atoms with van der Waals surface area (Å²) in [5.41, 5.74) is 1.58. The fourth-order valence-electron chi connectivity index (χ4n) is 2.12. The van der Waals surface area contributed by atoms with Gasteiger partial charge in [-0.15, -0.1) is 22.7 Å². The van der Waals surface area contributed by atoms with Gasteiger partial charge in [-0.25, -0.2) is 9.97 Å². The first-order valence-corrected chi connectivity index (χ1v) is 7.91. The van der Waals surface area contributed by atoms with E-state index in [1.165, 1.54) is 22.7 Å². The molecule has 1 fully saturated rings. The maximum atomic E-state index is 12.5. The van der Waals surface area contributed by atoms with Crippen LogP contribution < -0.4 is 0 Å². The monoisotopic (exact) mass is 303 g/mol. The minimum absolute atomic E-state index is 0.105. The standard InChI is InChI=1S/C14H13N3OS2/c1-17-8-10(6-12-15-2-4-19-12)14(18)11(9-17)7-13-16-3-5-20-13/h2-7H,8-9H2,1H3/b10-6+,11-7+. The number of thiazole rings is 2. The highest BCUT2D eigenvalue weighted by Crippen LogP contribution is 2.22. The number of aromatic nitrogens is 2. The number of hydrogen-bond donors (Lipinski definition) is 0. The largest absolute Gasteiger partial charge is 0.298 e. The van der Waals surface area contributed by atoms with Crippen molar-refractivity contribution < 1.29 is 4.79 Å². The predicted octanol–water partition coefficient (Wildman–Crippen LogP) is 2.58. The summed E-state index contributed by atoms with van der Waals surface area (Å²) in [5.74, 6) is 0.105. The van der Waals surface area contributed by atoms with Crippen LogP contribution in [0.1, 0.15) is 10.0 Å². The average molecular weight is 303 g/mol. The van der Waals surface area contributed by atoms with Crippen LogP contribution in [0, 0.1) is 0 Å². The minimum atomic E-state index is 0.105. The van der Waals surface area contributed by atoms with Crippen molar-refractivity contribution in [2.75, 3.05) is 20.1 Å². The Balaban J connectivity index is 1.92. The van der Waals surface area contributed by atoms with Crippen LogP contribution in [0.2, 0.25) is 0 Å². The number of carbonyl (C=O) groups excluding carboxylic acids is 1. The Hall–Kier alpha value is -1.63. The average Bonchev–Trinajstić information content (AvgIpc) is 3.08. The molecule has 0 N–H and O–H groups in total. The van der Waals surface area contributed by atoms with Gasteiger partial charge in [0.25, 0.3) is 0 Å². The van der Waals surface area contributed by atoms with Crippen molar-refractivity contribution in [2.45, 2.75) is 0 Å². The molecule has 0 aliphatic carbocycles. The van der Waals surface area contributed by atoms with Gasteiger partial charge < -0.3 is 0 Å². The molecule has 0 aromatic carbocycles. The Morgan fingerprint density at radius 1 is 1.05 bits per heavy atom. The van der Waals surface area contributed by atoms with Gasteiger partial charge in [-0.2, -0.15) is 0 Å². The van der Waals surface area contributed by atoms with Crippen molar-refractivity contribution >= 4 is 40.6 Å². The van der Waals surface area contributed by atoms with E-state index in [1.54, 1.807) is 12.4 Å². The lowest BCUT2D eigenvalue weighted by molar-refractivity contribution is -0.113. The zero-order valence-corrected chi connectivity index (χ0v) is 12.6. The number of piperidine rings is 1. The number of hydrogen-bond acceptors (Lipinski definition) is 6. The number of carbonyl (C=O) groups is 1. The summed E-state index contributed by atoms with van der Waals surface area (Å²) in [5, 5.41) is 5.57. The second kappa shape index (κ2) is 5.78. The predicted molar refractivity (Wildman–Crippen MR) is 82.7 cm³/mol. The van der Waals surface area contributed by atoms with E-state index < -0.39 is 0 Å². The molecule has 0 radical (unpaired) electrons. The van der Waals surface area contributed by atoms with Gasteiger partial charge in [0.2, 0.25) is 0 Å². The van der Waals surface area contributed by atoms with Crippen LogP contribution in [0.3, 0.4) is 0 Å². The summed E-state index contributed by atoms with van der Waals surface area (Å²) in [6.45, 7) is 1.32. The molecule has 0 amide bonds. The van der Waals surface area contributed by atoms with E-state index in [2.05, 4.69) is 14.9 Å². The highest BCUT2D eigenvalue weighted by Gasteiger charge is 2.24. The van der Waals surface area contributed by atoms with E-state index >= 15 is 0 Å². The highest BCUT2D eigenvalue weighted by atomic mass is 32.1. The SMILES string of the molecule is CN1C/C(=C\c2nccs2)C(=O)/C(=C/c2nccs2)C1. The summed E-state index contributed by atoms with van der Waals surface area (Å²) in [4.78, 5) is 23.1. The van der Waals surface area contributed by atoms with Gasteiger partial charge in [-0.05, 0) is 19.2 Å². The molecule has 20 heavy (non-hydrogen) atoms. The van der Waals surface area contributed by atoms with Gasteiger partial charge in [0.1, 0.15) is 10.0 Å². The molecule has 1 aliphatic heterocycles. The summed E-state index contributed by atoms with van der Waals surface area (Å²) in [6.07, 6.45) is 7.28. The Kier molecular flexibility index (Phi) is 3.86. The van der Waals surface area contributed by atoms with Gasteiger partial charge in [-0.1, -0.05) is 0 Å². The molecule has 102 valence electrons. The maximum absolute atomic E-state index is 12.5. The molecule has 6 heteroatoms. The molecule has 3 heterocycles. The van der Waals surface area contributed by atoms with E-state index in [0.29, 0.717) is 13.1 Å². The lowest BCUT2D eigenvalue weighted by atomic mass is 9.97. The zero-order chi connectivity index (χ0) is 13.9. The molecule has 0 atom stereocenters. The van der Waals surface area contributed by atoms with Crippen molar-refractivity contribution in [3.05, 3.63) is 44.3 Å². The molecule has 0 spiro atoms. The molecule has 0 saturated carbocycles. The number of likely N-dealkylation sites (N-methyl/N-ethyl adjacent to an activating group) is 1. The third-order valence-electron chi connectivity index (χ3n) is 2.96. The lowest BCUT2D eigenvalue weighted by Gasteiger charge is -2.25. The van der Waals surface area contributed by atoms with Crippen LogP contribution in [-0.4, -0.2) is 40.8 Å². The van der Waals surface area contributed by atoms with Gasteiger partial charge in [0, 0.05) is 47.4 Å². The number of rotatable bonds is 2. The quantitative estimate of drug-likeness (QED) is 0.800. The van der Waals surface area contributed by atoms with E-state index in [-0.39, 0.29) is 5.78 Å². The van der Waals surface area contributed by atoms with Crippen LogP contribution in [0.25, 0.3) is 12.2 Å². The second-order valence-corrected chi connectivity index (χ2v) is 6.43. The Bertz CT molecular complexity index is 600. The third kappa shape index (κ3) is 2.92. The van der Waals surface area contributed by atoms with Gasteiger partial charge in [0.05, 0.1) is 0 Å². The molecule has 4 nitrogen and oxygen atoms in total. The van der Waals surface area contributed by atoms with E-state index in [1.807, 2.05) is 30.0 Å². The fourth-order valence-corrected chi connectivity index (χ4v) is 3.31. The van der Waals surface area contributed by atoms with Crippen molar-refractivity contribution in [2.24, 2.45) is 0 Å². The first-order valence-electron chi connectivity index (χ1n) is 6.16. The highest BCUT2D eigenvalue weighted by molar-refractivity contribution is 7.10. The van der Waals surface area contributed by atoms with Crippen LogP contribution in [0.15, 0.2) is 34.3 Å². The molecular weight excluding hydrogens is 290 g/mol. The van der Waals surface area contributed by atoms with Gasteiger partial charge in [0.15, 0.2) is 5.78 Å². The van der Waals surface area contributed by atoms with Crippen LogP contribution >= 0.6 is 22.7 Å². The van der Waals surface area contributed by atoms with Crippen LogP contribution in [-0.2, 0) is 4.79 Å². The van der Waals surface area contributed by atoms with E-state index in [9.17, 15) is 4.79 Å². The normalized spacial score (nSPS) is 20.9. The summed E-state index contributed by atoms with van der Waals surface area (Å²) in [6, 6.07) is 0. The van der Waals surface area contributed by atoms with Crippen molar-refractivity contribution in [3.63, 3.8) is 0 Å². The first kappa shape index (κ1) is 13.4. The second-order valence-electron chi connectivity index (χ2n) is 4.58. The molecular formula is C14H13N3OS2. The lowest BCUT2D eigenvalue weighted by Crippen LogP contribution is -2.34. The Labute approximate surface area is 125 Å². The van der Waals surface area contributed by atoms with Crippen LogP contribution in [0.4, 0.5) is 0 Å². The van der Waals surface area contributed by atoms with Gasteiger partial charge >= 0.3 is 0 Å². The van der Waals surface area contributed by atoms with Crippen molar-refractivity contribution in [1.82, 2.24) is 14.9 Å². The fraction of sp³-hybridized carbons (Fsp3) is 0.214. The molecule has 1 saturated heterocycles. The minimum Gasteiger partial charge on any atom is -0.298 e. The number of nitrogens with zero attached hydrogens (tertiary/aromatic N) is 3. The van der Waals surface area contributed by atoms with Crippen molar-refractivity contribution in [1.29, 1.82) is 0 Å². The Morgan fingerprint density at radius 3 is 1.95 bits per heavy atom. The topological polar surface area (TPSA) is 46.1 Å². The van der Waals surface area contributed by atoms with Gasteiger partial charge in [-0.3, -0.25) is 9.69 Å². The summed E-state index contributed by atoms with van der Waals surface area (Å²) in [7, 11) is 2.01. The van der Waals surface area contributed by atoms with E-state index in [0.717, 1.165) is 21.2 Å². The number of ketones is 1. The third-order valence-corrected chi connectivity index (χ3v) is 4.41. The molecule has 2 aromatic rings. The number of likely N-dealkylation sites (tertiary alicyclic amines) is 1. The molecule has 1 aliphatic rings.